The quantitative estimate of drug-likeness (QED) is 0.0273. The van der Waals surface area contributed by atoms with Gasteiger partial charge in [-0.2, -0.15) is 0 Å². The number of alkyl carbamates (subject to hydrolysis) is 2. The molecule has 2 N–H and O–H groups in total. The van der Waals surface area contributed by atoms with Gasteiger partial charge in [0.15, 0.2) is 19.8 Å². The second-order valence-corrected chi connectivity index (χ2v) is 19.7. The van der Waals surface area contributed by atoms with E-state index in [1.54, 1.807) is 0 Å². The van der Waals surface area contributed by atoms with Gasteiger partial charge in [0.2, 0.25) is 5.54 Å². The summed E-state index contributed by atoms with van der Waals surface area (Å²) in [5, 5.41) is 5.82. The highest BCUT2D eigenvalue weighted by Gasteiger charge is 2.48. The number of ether oxygens (including phenoxy) is 3. The first-order chi connectivity index (χ1) is 30.1. The van der Waals surface area contributed by atoms with Gasteiger partial charge in [-0.3, -0.25) is 4.79 Å². The average Bonchev–Trinajstić information content (AvgIpc) is 3.25. The van der Waals surface area contributed by atoms with Gasteiger partial charge in [-0.25, -0.2) is 9.59 Å². The molecule has 0 aliphatic rings. The van der Waals surface area contributed by atoms with Crippen LogP contribution in [0.4, 0.5) is 9.59 Å². The van der Waals surface area contributed by atoms with E-state index in [4.69, 9.17) is 14.2 Å². The fraction of sp³-hybridized carbons (Fsp3) is 0.943. The van der Waals surface area contributed by atoms with Gasteiger partial charge < -0.3 is 41.7 Å². The summed E-state index contributed by atoms with van der Waals surface area (Å²) in [4.78, 5) is 38.9. The van der Waals surface area contributed by atoms with E-state index in [2.05, 4.69) is 31.4 Å². The summed E-state index contributed by atoms with van der Waals surface area (Å²) in [7, 11) is 5.88. The zero-order chi connectivity index (χ0) is 45.7. The van der Waals surface area contributed by atoms with Crippen LogP contribution >= 0.6 is 0 Å². The topological polar surface area (TPSA) is 103 Å². The van der Waals surface area contributed by atoms with Gasteiger partial charge in [0.05, 0.1) is 21.1 Å². The van der Waals surface area contributed by atoms with Crippen LogP contribution in [0.1, 0.15) is 265 Å². The van der Waals surface area contributed by atoms with Crippen LogP contribution in [0.2, 0.25) is 0 Å². The third kappa shape index (κ3) is 41.4. The highest BCUT2D eigenvalue weighted by atomic mass is 35.5. The van der Waals surface area contributed by atoms with Crippen LogP contribution in [0.25, 0.3) is 0 Å². The lowest BCUT2D eigenvalue weighted by Gasteiger charge is -2.44. The minimum atomic E-state index is -0.980. The van der Waals surface area contributed by atoms with Gasteiger partial charge in [0.25, 0.3) is 0 Å². The molecule has 0 unspecified atom stereocenters. The lowest BCUT2D eigenvalue weighted by Crippen LogP contribution is -3.00. The van der Waals surface area contributed by atoms with Crippen molar-refractivity contribution in [1.82, 2.24) is 10.6 Å². The molecular weight excluding hydrogens is 810 g/mol. The van der Waals surface area contributed by atoms with Gasteiger partial charge in [0, 0.05) is 19.5 Å². The van der Waals surface area contributed by atoms with E-state index in [-0.39, 0.29) is 42.7 Å². The van der Waals surface area contributed by atoms with E-state index in [1.807, 2.05) is 21.1 Å². The minimum absolute atomic E-state index is 0. The summed E-state index contributed by atoms with van der Waals surface area (Å²) < 4.78 is 17.8. The van der Waals surface area contributed by atoms with E-state index in [1.165, 1.54) is 193 Å². The fourth-order valence-electron chi connectivity index (χ4n) is 8.09. The molecule has 0 fully saturated rings. The highest BCUT2D eigenvalue weighted by Crippen LogP contribution is 2.23. The zero-order valence-electron chi connectivity index (χ0n) is 42.7. The van der Waals surface area contributed by atoms with Gasteiger partial charge in [-0.1, -0.05) is 239 Å². The van der Waals surface area contributed by atoms with E-state index in [0.717, 1.165) is 44.9 Å². The van der Waals surface area contributed by atoms with E-state index >= 15 is 0 Å². The summed E-state index contributed by atoms with van der Waals surface area (Å²) in [6.07, 6.45) is 45.9. The molecule has 10 heteroatoms. The van der Waals surface area contributed by atoms with E-state index < -0.39 is 17.7 Å². The fourth-order valence-corrected chi connectivity index (χ4v) is 8.09. The average molecular weight is 917 g/mol. The second-order valence-electron chi connectivity index (χ2n) is 19.7. The van der Waals surface area contributed by atoms with E-state index in [0.29, 0.717) is 19.5 Å². The third-order valence-electron chi connectivity index (χ3n) is 13.0. The standard InChI is InChI=1S/C53H105N3O6.ClH/c1-7-10-13-16-19-22-25-28-29-32-35-38-41-44-50(57)60-47-53(56(4,5)6,48-61-51(58)54-45-42-39-36-33-30-26-23-20-17-14-11-8-2)49-62-52(59)55-46-43-40-37-34-31-27-24-21-18-15-12-9-3;/h7-49H2,1-6H3,(H-,54,55,58,59);1H. The van der Waals surface area contributed by atoms with Gasteiger partial charge in [-0.15, -0.1) is 0 Å². The maximum Gasteiger partial charge on any atom is 0.407 e. The van der Waals surface area contributed by atoms with Crippen LogP contribution in [-0.2, 0) is 19.0 Å². The maximum atomic E-state index is 13.0. The Morgan fingerprint density at radius 2 is 0.603 bits per heavy atom. The van der Waals surface area contributed by atoms with Crippen LogP contribution in [-0.4, -0.2) is 82.2 Å². The Kier molecular flexibility index (Phi) is 47.0. The molecule has 9 nitrogen and oxygen atoms in total. The molecule has 376 valence electrons. The number of carbonyl (C=O) groups is 3. The lowest BCUT2D eigenvalue weighted by atomic mass is 9.99. The molecular formula is C53H106ClN3O6. The van der Waals surface area contributed by atoms with Crippen molar-refractivity contribution in [2.75, 3.05) is 54.1 Å². The molecule has 0 saturated carbocycles. The molecule has 0 heterocycles. The highest BCUT2D eigenvalue weighted by molar-refractivity contribution is 5.69. The van der Waals surface area contributed by atoms with Gasteiger partial charge in [0.1, 0.15) is 0 Å². The zero-order valence-corrected chi connectivity index (χ0v) is 43.4. The predicted molar refractivity (Wildman–Crippen MR) is 263 cm³/mol. The van der Waals surface area contributed by atoms with Gasteiger partial charge >= 0.3 is 18.2 Å². The Balaban J connectivity index is 0. The normalized spacial score (nSPS) is 11.6. The number of halogens is 1. The summed E-state index contributed by atoms with van der Waals surface area (Å²) in [5.41, 5.74) is -0.980. The number of hydrogen-bond acceptors (Lipinski definition) is 6. The molecule has 2 amide bonds. The number of esters is 1. The second kappa shape index (κ2) is 46.8. The number of nitrogens with zero attached hydrogens (tertiary/aromatic N) is 1. The number of carbonyl (C=O) groups excluding carboxylic acids is 3. The number of unbranched alkanes of at least 4 members (excludes halogenated alkanes) is 34. The number of quaternary nitrogens is 1. The molecule has 0 radical (unpaired) electrons. The molecule has 0 aromatic rings. The smallest absolute Gasteiger partial charge is 0.407 e. The van der Waals surface area contributed by atoms with Crippen molar-refractivity contribution in [3.63, 3.8) is 0 Å². The van der Waals surface area contributed by atoms with Crippen molar-refractivity contribution in [1.29, 1.82) is 0 Å². The first-order valence-electron chi connectivity index (χ1n) is 26.9. The molecule has 0 rings (SSSR count). The molecule has 0 aromatic carbocycles. The van der Waals surface area contributed by atoms with Crippen molar-refractivity contribution >= 4 is 18.2 Å². The monoisotopic (exact) mass is 916 g/mol. The molecule has 0 atom stereocenters. The first-order valence-corrected chi connectivity index (χ1v) is 26.9. The summed E-state index contributed by atoms with van der Waals surface area (Å²) >= 11 is 0. The van der Waals surface area contributed by atoms with Crippen LogP contribution in [0, 0.1) is 0 Å². The number of hydrogen-bond donors (Lipinski definition) is 2. The molecule has 0 spiro atoms. The van der Waals surface area contributed by atoms with Gasteiger partial charge in [-0.05, 0) is 19.3 Å². The van der Waals surface area contributed by atoms with Crippen molar-refractivity contribution < 1.29 is 45.5 Å². The lowest BCUT2D eigenvalue weighted by molar-refractivity contribution is -0.925. The summed E-state index contributed by atoms with van der Waals surface area (Å²) in [5.74, 6) is -0.265. The Hall–Kier alpha value is -1.74. The summed E-state index contributed by atoms with van der Waals surface area (Å²) in [6, 6.07) is 0. The Morgan fingerprint density at radius 3 is 0.873 bits per heavy atom. The predicted octanol–water partition coefficient (Wildman–Crippen LogP) is 12.3. The third-order valence-corrected chi connectivity index (χ3v) is 13.0. The molecule has 0 bridgehead atoms. The van der Waals surface area contributed by atoms with Crippen molar-refractivity contribution in [2.24, 2.45) is 0 Å². The molecule has 0 aliphatic carbocycles. The Morgan fingerprint density at radius 1 is 0.365 bits per heavy atom. The van der Waals surface area contributed by atoms with Crippen molar-refractivity contribution in [2.45, 2.75) is 270 Å². The molecule has 0 aliphatic heterocycles. The number of amides is 2. The number of nitrogens with one attached hydrogen (secondary N) is 2. The van der Waals surface area contributed by atoms with Crippen LogP contribution in [0.15, 0.2) is 0 Å². The Bertz CT molecular complexity index is 898. The number of likely N-dealkylation sites (N-methyl/N-ethyl adjacent to an activating group) is 1. The Labute approximate surface area is 397 Å². The number of rotatable bonds is 47. The maximum absolute atomic E-state index is 13.0. The van der Waals surface area contributed by atoms with Crippen molar-refractivity contribution in [3.8, 4) is 0 Å². The van der Waals surface area contributed by atoms with Crippen LogP contribution in [0.5, 0.6) is 0 Å². The molecule has 63 heavy (non-hydrogen) atoms. The first kappa shape index (κ1) is 63.3. The van der Waals surface area contributed by atoms with Crippen LogP contribution < -0.4 is 23.0 Å². The van der Waals surface area contributed by atoms with Crippen LogP contribution in [0.3, 0.4) is 0 Å². The molecule has 0 saturated heterocycles. The minimum Gasteiger partial charge on any atom is -1.00 e. The van der Waals surface area contributed by atoms with E-state index in [9.17, 15) is 14.4 Å². The summed E-state index contributed by atoms with van der Waals surface area (Å²) in [6.45, 7) is 7.77. The molecule has 0 aromatic heterocycles. The van der Waals surface area contributed by atoms with Crippen molar-refractivity contribution in [3.05, 3.63) is 0 Å². The SMILES string of the molecule is CCCCCCCCCCCCCCCC(=O)OCC(COC(=O)NCCCCCCCCCCCCCC)(COC(=O)NCCCCCCCCCCCCCC)[N+](C)(C)C.[Cl-]. The largest absolute Gasteiger partial charge is 1.00 e.